The van der Waals surface area contributed by atoms with E-state index in [4.69, 9.17) is 0 Å². The number of fused-ring (bicyclic) bond motifs is 2. The van der Waals surface area contributed by atoms with Gasteiger partial charge in [0.25, 0.3) is 5.91 Å². The average Bonchev–Trinajstić information content (AvgIpc) is 2.94. The van der Waals surface area contributed by atoms with Gasteiger partial charge in [0.15, 0.2) is 0 Å². The summed E-state index contributed by atoms with van der Waals surface area (Å²) in [4.78, 5) is 14.5. The highest BCUT2D eigenvalue weighted by atomic mass is 19.1. The number of rotatable bonds is 3. The smallest absolute Gasteiger partial charge is 0.256 e. The number of hydrogen-bond donors (Lipinski definition) is 1. The predicted octanol–water partition coefficient (Wildman–Crippen LogP) is 4.48. The van der Waals surface area contributed by atoms with Gasteiger partial charge in [-0.05, 0) is 66.7 Å². The molecule has 1 aromatic carbocycles. The number of benzene rings is 1. The summed E-state index contributed by atoms with van der Waals surface area (Å²) in [6, 6.07) is 16.6. The number of carbonyl (C=O) groups excluding carboxylic acids is 1. The van der Waals surface area contributed by atoms with E-state index in [1.54, 1.807) is 6.07 Å². The maximum absolute atomic E-state index is 13.7. The van der Waals surface area contributed by atoms with Crippen LogP contribution in [-0.4, -0.2) is 24.9 Å². The maximum Gasteiger partial charge on any atom is 0.256 e. The van der Waals surface area contributed by atoms with Crippen molar-refractivity contribution in [3.8, 4) is 11.1 Å². The Morgan fingerprint density at radius 1 is 1.00 bits per heavy atom. The van der Waals surface area contributed by atoms with Crippen LogP contribution in [0.4, 0.5) is 10.1 Å². The first-order valence-electron chi connectivity index (χ1n) is 8.51. The van der Waals surface area contributed by atoms with E-state index in [9.17, 15) is 9.18 Å². The van der Waals surface area contributed by atoms with Crippen molar-refractivity contribution in [3.63, 3.8) is 0 Å². The number of hydrogen-bond acceptors (Lipinski definition) is 2. The van der Waals surface area contributed by atoms with Gasteiger partial charge in [0.2, 0.25) is 0 Å². The van der Waals surface area contributed by atoms with Crippen molar-refractivity contribution in [2.24, 2.45) is 0 Å². The van der Waals surface area contributed by atoms with Crippen LogP contribution in [0.2, 0.25) is 0 Å². The lowest BCUT2D eigenvalue weighted by molar-refractivity contribution is -0.110. The van der Waals surface area contributed by atoms with Gasteiger partial charge in [0.05, 0.1) is 0 Å². The van der Waals surface area contributed by atoms with Gasteiger partial charge < -0.3 is 10.2 Å². The van der Waals surface area contributed by atoms with Gasteiger partial charge in [0, 0.05) is 23.4 Å². The zero-order valence-corrected chi connectivity index (χ0v) is 14.7. The highest BCUT2D eigenvalue weighted by molar-refractivity contribution is 6.35. The normalized spacial score (nSPS) is 14.9. The summed E-state index contributed by atoms with van der Waals surface area (Å²) in [6.07, 6.45) is 1.86. The second-order valence-corrected chi connectivity index (χ2v) is 6.80. The summed E-state index contributed by atoms with van der Waals surface area (Å²) in [5.74, 6) is -0.548. The van der Waals surface area contributed by atoms with Crippen LogP contribution >= 0.6 is 0 Å². The van der Waals surface area contributed by atoms with E-state index < -0.39 is 0 Å². The molecule has 1 N–H and O–H groups in total. The molecule has 0 atom stereocenters. The number of nitrogens with one attached hydrogen (secondary N) is 1. The van der Waals surface area contributed by atoms with E-state index in [0.717, 1.165) is 23.2 Å². The molecule has 0 unspecified atom stereocenters. The minimum absolute atomic E-state index is 0.200. The van der Waals surface area contributed by atoms with E-state index in [0.29, 0.717) is 16.8 Å². The molecule has 0 saturated heterocycles. The van der Waals surface area contributed by atoms with Gasteiger partial charge in [-0.2, -0.15) is 0 Å². The van der Waals surface area contributed by atoms with Crippen LogP contribution in [0.1, 0.15) is 16.7 Å². The van der Waals surface area contributed by atoms with Crippen LogP contribution < -0.4 is 5.32 Å². The molecule has 0 bridgehead atoms. The molecule has 4 rings (SSSR count). The summed E-state index contributed by atoms with van der Waals surface area (Å²) in [5, 5.41) is 2.81. The lowest BCUT2D eigenvalue weighted by Crippen LogP contribution is -2.10. The number of halogens is 1. The Morgan fingerprint density at radius 2 is 1.77 bits per heavy atom. The molecular weight excluding hydrogens is 327 g/mol. The average molecular weight is 346 g/mol. The van der Waals surface area contributed by atoms with E-state index in [1.165, 1.54) is 17.7 Å². The Balaban J connectivity index is 1.87. The van der Waals surface area contributed by atoms with Crippen molar-refractivity contribution in [2.75, 3.05) is 19.4 Å². The lowest BCUT2D eigenvalue weighted by Gasteiger charge is -2.09. The number of anilines is 1. The molecule has 1 amide bonds. The SMILES string of the molecule is CN(C)Cc1cc(/C=C2/C(=O)Nc3ccc(F)cc32)c2cccccc1-2. The zero-order chi connectivity index (χ0) is 18.3. The fraction of sp³-hybridized carbons (Fsp3) is 0.136. The molecule has 130 valence electrons. The molecule has 0 radical (unpaired) electrons. The van der Waals surface area contributed by atoms with Crippen LogP contribution in [-0.2, 0) is 11.3 Å². The Labute approximate surface area is 152 Å². The lowest BCUT2D eigenvalue weighted by atomic mass is 10.0. The summed E-state index contributed by atoms with van der Waals surface area (Å²) >= 11 is 0. The van der Waals surface area contributed by atoms with Gasteiger partial charge in [-0.1, -0.05) is 30.3 Å². The summed E-state index contributed by atoms with van der Waals surface area (Å²) in [6.45, 7) is 0.807. The summed E-state index contributed by atoms with van der Waals surface area (Å²) in [7, 11) is 4.06. The fourth-order valence-electron chi connectivity index (χ4n) is 3.47. The highest BCUT2D eigenvalue weighted by Gasteiger charge is 2.25. The summed E-state index contributed by atoms with van der Waals surface area (Å²) < 4.78 is 13.7. The van der Waals surface area contributed by atoms with Crippen molar-refractivity contribution < 1.29 is 9.18 Å². The van der Waals surface area contributed by atoms with E-state index >= 15 is 0 Å². The summed E-state index contributed by atoms with van der Waals surface area (Å²) in [5.41, 5.74) is 6.16. The molecule has 1 heterocycles. The number of amides is 1. The molecular formula is C22H19FN2O. The largest absolute Gasteiger partial charge is 0.321 e. The molecule has 0 spiro atoms. The third-order valence-corrected chi connectivity index (χ3v) is 4.58. The molecule has 0 aromatic heterocycles. The Kier molecular flexibility index (Phi) is 4.05. The second kappa shape index (κ2) is 6.39. The van der Waals surface area contributed by atoms with Crippen LogP contribution in [0, 0.1) is 5.82 Å². The fourth-order valence-corrected chi connectivity index (χ4v) is 3.47. The molecule has 4 heteroatoms. The monoisotopic (exact) mass is 346 g/mol. The van der Waals surface area contributed by atoms with Crippen molar-refractivity contribution in [2.45, 2.75) is 6.54 Å². The van der Waals surface area contributed by atoms with Crippen molar-refractivity contribution >= 4 is 23.2 Å². The van der Waals surface area contributed by atoms with Crippen molar-refractivity contribution in [3.05, 3.63) is 77.1 Å². The Hall–Kier alpha value is -2.98. The topological polar surface area (TPSA) is 32.3 Å². The van der Waals surface area contributed by atoms with Gasteiger partial charge in [-0.25, -0.2) is 4.39 Å². The minimum Gasteiger partial charge on any atom is -0.321 e. The first kappa shape index (κ1) is 16.5. The molecule has 1 aliphatic heterocycles. The quantitative estimate of drug-likeness (QED) is 0.709. The molecule has 3 aliphatic rings. The van der Waals surface area contributed by atoms with Crippen LogP contribution in [0.25, 0.3) is 22.8 Å². The maximum atomic E-state index is 13.7. The van der Waals surface area contributed by atoms with E-state index in [1.807, 2.05) is 38.4 Å². The second-order valence-electron chi connectivity index (χ2n) is 6.80. The first-order chi connectivity index (χ1) is 12.5. The molecule has 0 saturated carbocycles. The minimum atomic E-state index is -0.349. The van der Waals surface area contributed by atoms with Crippen molar-refractivity contribution in [1.82, 2.24) is 4.90 Å². The number of nitrogens with zero attached hydrogens (tertiary/aromatic N) is 1. The standard InChI is InChI=1S/C22H19FN2O/c1-25(2)13-15-10-14(17-6-4-3-5-7-18(15)17)11-20-19-12-16(23)8-9-21(19)24-22(20)26/h3-12H,13H2,1-2H3,(H,24,26)/b20-11+. The third-order valence-electron chi connectivity index (χ3n) is 4.58. The van der Waals surface area contributed by atoms with Gasteiger partial charge in [0.1, 0.15) is 5.82 Å². The molecule has 0 fully saturated rings. The number of carbonyl (C=O) groups is 1. The Bertz CT molecular complexity index is 1010. The van der Waals surface area contributed by atoms with E-state index in [2.05, 4.69) is 28.4 Å². The van der Waals surface area contributed by atoms with Gasteiger partial charge >= 0.3 is 0 Å². The van der Waals surface area contributed by atoms with Crippen LogP contribution in [0.15, 0.2) is 54.6 Å². The molecule has 1 aromatic rings. The highest BCUT2D eigenvalue weighted by Crippen LogP contribution is 2.38. The Morgan fingerprint density at radius 3 is 2.54 bits per heavy atom. The van der Waals surface area contributed by atoms with Gasteiger partial charge in [-0.15, -0.1) is 0 Å². The van der Waals surface area contributed by atoms with Crippen molar-refractivity contribution in [1.29, 1.82) is 0 Å². The van der Waals surface area contributed by atoms with E-state index in [-0.39, 0.29) is 11.7 Å². The molecule has 3 nitrogen and oxygen atoms in total. The predicted molar refractivity (Wildman–Crippen MR) is 103 cm³/mol. The molecule has 2 aliphatic carbocycles. The third kappa shape index (κ3) is 2.89. The van der Waals surface area contributed by atoms with Crippen LogP contribution in [0.3, 0.4) is 0 Å². The first-order valence-corrected chi connectivity index (χ1v) is 8.51. The molecule has 26 heavy (non-hydrogen) atoms. The van der Waals surface area contributed by atoms with Gasteiger partial charge in [-0.3, -0.25) is 4.79 Å². The zero-order valence-electron chi connectivity index (χ0n) is 14.7. The van der Waals surface area contributed by atoms with Crippen LogP contribution in [0.5, 0.6) is 0 Å².